The van der Waals surface area contributed by atoms with Crippen molar-refractivity contribution in [1.29, 1.82) is 0 Å². The summed E-state index contributed by atoms with van der Waals surface area (Å²) < 4.78 is 24.4. The summed E-state index contributed by atoms with van der Waals surface area (Å²) in [5.74, 6) is 0.892. The van der Waals surface area contributed by atoms with Crippen LogP contribution in [0.1, 0.15) is 11.1 Å². The number of phosphoric ester groups is 1. The van der Waals surface area contributed by atoms with Gasteiger partial charge in [0.05, 0.1) is 24.5 Å². The van der Waals surface area contributed by atoms with Crippen molar-refractivity contribution in [1.82, 2.24) is 14.8 Å². The van der Waals surface area contributed by atoms with E-state index < -0.39 is 7.82 Å². The molecule has 0 unspecified atom stereocenters. The van der Waals surface area contributed by atoms with E-state index in [2.05, 4.69) is 14.6 Å². The van der Waals surface area contributed by atoms with Crippen molar-refractivity contribution < 1.29 is 28.2 Å². The lowest BCUT2D eigenvalue weighted by molar-refractivity contribution is -0.711. The highest BCUT2D eigenvalue weighted by Crippen LogP contribution is 2.35. The summed E-state index contributed by atoms with van der Waals surface area (Å²) in [5, 5.41) is 4.41. The summed E-state index contributed by atoms with van der Waals surface area (Å²) in [6.07, 6.45) is 6.82. The van der Waals surface area contributed by atoms with Gasteiger partial charge in [0.25, 0.3) is 5.82 Å². The number of phosphoric acid groups is 1. The lowest BCUT2D eigenvalue weighted by atomic mass is 10.1. The molecule has 0 radical (unpaired) electrons. The van der Waals surface area contributed by atoms with Gasteiger partial charge in [0, 0.05) is 24.0 Å². The normalized spacial score (nSPS) is 11.5. The van der Waals surface area contributed by atoms with Gasteiger partial charge in [0.1, 0.15) is 6.61 Å². The van der Waals surface area contributed by atoms with Crippen molar-refractivity contribution in [3.05, 3.63) is 90.5 Å². The van der Waals surface area contributed by atoms with Crippen molar-refractivity contribution in [3.63, 3.8) is 0 Å². The van der Waals surface area contributed by atoms with Gasteiger partial charge < -0.3 is 14.5 Å². The molecule has 0 fully saturated rings. The molecule has 0 aliphatic carbocycles. The Kier molecular flexibility index (Phi) is 6.81. The van der Waals surface area contributed by atoms with Gasteiger partial charge in [-0.05, 0) is 29.3 Å². The number of pyridine rings is 2. The molecule has 11 heteroatoms. The Hall–Kier alpha value is -3.56. The summed E-state index contributed by atoms with van der Waals surface area (Å²) >= 11 is 0. The standard InChI is InChI=1S/C22H22N5O5P/c23-22-20(4-3-11-26(22)16-32-33(28,29)30)19-12-25-27(14-19)13-17-6-8-18(9-7-17)15-31-21-5-1-2-10-24-21/h1-12,14,23H,13,15-16H2,(H2,28,29,30)/p+1. The molecule has 10 nitrogen and oxygen atoms in total. The summed E-state index contributed by atoms with van der Waals surface area (Å²) in [7, 11) is -4.60. The van der Waals surface area contributed by atoms with Crippen LogP contribution in [0.25, 0.3) is 11.1 Å². The molecule has 1 aromatic carbocycles. The van der Waals surface area contributed by atoms with Crippen molar-refractivity contribution in [3.8, 4) is 17.0 Å². The second-order valence-corrected chi connectivity index (χ2v) is 8.46. The third kappa shape index (κ3) is 6.24. The molecule has 0 saturated heterocycles. The minimum Gasteiger partial charge on any atom is -0.473 e. The molecule has 4 N–H and O–H groups in total. The number of nitrogen functional groups attached to an aromatic ring is 1. The molecule has 3 heterocycles. The maximum atomic E-state index is 11.0. The quantitative estimate of drug-likeness (QED) is 0.252. The third-order valence-electron chi connectivity index (χ3n) is 4.82. The van der Waals surface area contributed by atoms with Crippen LogP contribution >= 0.6 is 7.82 Å². The van der Waals surface area contributed by atoms with Crippen LogP contribution in [0.4, 0.5) is 5.82 Å². The minimum atomic E-state index is -4.60. The zero-order chi connectivity index (χ0) is 23.3. The van der Waals surface area contributed by atoms with E-state index in [0.29, 0.717) is 30.4 Å². The Labute approximate surface area is 190 Å². The fourth-order valence-electron chi connectivity index (χ4n) is 3.16. The highest BCUT2D eigenvalue weighted by molar-refractivity contribution is 7.46. The van der Waals surface area contributed by atoms with Gasteiger partial charge in [-0.3, -0.25) is 10.4 Å². The monoisotopic (exact) mass is 468 g/mol. The van der Waals surface area contributed by atoms with Crippen LogP contribution in [-0.4, -0.2) is 24.6 Å². The summed E-state index contributed by atoms with van der Waals surface area (Å²) in [5.41, 5.74) is 9.73. The summed E-state index contributed by atoms with van der Waals surface area (Å²) in [6, 6.07) is 17.1. The van der Waals surface area contributed by atoms with Gasteiger partial charge in [0.2, 0.25) is 12.6 Å². The SMILES string of the molecule is Nc1c(-c2cnn(Cc3ccc(COc4ccccn4)cc3)c2)ccc[n+]1COP(=O)(O)O. The van der Waals surface area contributed by atoms with Crippen LogP contribution in [0.3, 0.4) is 0 Å². The molecule has 0 aliphatic heterocycles. The zero-order valence-electron chi connectivity index (χ0n) is 17.6. The first-order valence-corrected chi connectivity index (χ1v) is 11.5. The molecule has 0 bridgehead atoms. The number of benzene rings is 1. The zero-order valence-corrected chi connectivity index (χ0v) is 18.5. The Morgan fingerprint density at radius 1 is 1.06 bits per heavy atom. The van der Waals surface area contributed by atoms with Gasteiger partial charge in [0.15, 0.2) is 0 Å². The number of hydrogen-bond acceptors (Lipinski definition) is 6. The Morgan fingerprint density at radius 2 is 1.85 bits per heavy atom. The largest absolute Gasteiger partial charge is 0.473 e. The van der Waals surface area contributed by atoms with Crippen molar-refractivity contribution in [2.24, 2.45) is 0 Å². The second-order valence-electron chi connectivity index (χ2n) is 7.23. The van der Waals surface area contributed by atoms with Crippen molar-refractivity contribution in [2.75, 3.05) is 5.73 Å². The number of nitrogens with two attached hydrogens (primary N) is 1. The molecule has 0 spiro atoms. The summed E-state index contributed by atoms with van der Waals surface area (Å²) in [4.78, 5) is 22.0. The highest BCUT2D eigenvalue weighted by Gasteiger charge is 2.19. The van der Waals surface area contributed by atoms with E-state index in [-0.39, 0.29) is 6.73 Å². The Bertz CT molecular complexity index is 1260. The van der Waals surface area contributed by atoms with Crippen LogP contribution < -0.4 is 15.0 Å². The highest BCUT2D eigenvalue weighted by atomic mass is 31.2. The maximum Gasteiger partial charge on any atom is 0.472 e. The van der Waals surface area contributed by atoms with E-state index in [1.54, 1.807) is 35.4 Å². The maximum absolute atomic E-state index is 11.0. The molecule has 0 aliphatic rings. The number of aromatic nitrogens is 4. The van der Waals surface area contributed by atoms with Gasteiger partial charge in [-0.15, -0.1) is 0 Å². The molecule has 170 valence electrons. The molecule has 0 saturated carbocycles. The first-order chi connectivity index (χ1) is 15.9. The first kappa shape index (κ1) is 22.6. The Morgan fingerprint density at radius 3 is 2.58 bits per heavy atom. The van der Waals surface area contributed by atoms with E-state index in [4.69, 9.17) is 20.3 Å². The van der Waals surface area contributed by atoms with Crippen LogP contribution in [0.2, 0.25) is 0 Å². The predicted octanol–water partition coefficient (Wildman–Crippen LogP) is 2.51. The van der Waals surface area contributed by atoms with Gasteiger partial charge >= 0.3 is 7.82 Å². The third-order valence-corrected chi connectivity index (χ3v) is 5.27. The van der Waals surface area contributed by atoms with Crippen molar-refractivity contribution in [2.45, 2.75) is 19.9 Å². The number of anilines is 1. The average Bonchev–Trinajstić information content (AvgIpc) is 3.26. The number of rotatable bonds is 9. The fourth-order valence-corrected chi connectivity index (χ4v) is 3.44. The lowest BCUT2D eigenvalue weighted by Crippen LogP contribution is -2.38. The van der Waals surface area contributed by atoms with E-state index in [9.17, 15) is 4.57 Å². The van der Waals surface area contributed by atoms with Crippen LogP contribution in [0, 0.1) is 0 Å². The Balaban J connectivity index is 1.40. The molecular weight excluding hydrogens is 445 g/mol. The van der Waals surface area contributed by atoms with Gasteiger partial charge in [-0.2, -0.15) is 5.10 Å². The molecule has 3 aromatic heterocycles. The smallest absolute Gasteiger partial charge is 0.472 e. The average molecular weight is 468 g/mol. The summed E-state index contributed by atoms with van der Waals surface area (Å²) in [6.45, 7) is 0.631. The minimum absolute atomic E-state index is 0.308. The van der Waals surface area contributed by atoms with Crippen LogP contribution in [0.15, 0.2) is 79.4 Å². The van der Waals surface area contributed by atoms with E-state index >= 15 is 0 Å². The number of ether oxygens (including phenoxy) is 1. The van der Waals surface area contributed by atoms with Gasteiger partial charge in [-0.25, -0.2) is 18.6 Å². The second kappa shape index (κ2) is 9.93. The molecule has 0 atom stereocenters. The fraction of sp³-hybridized carbons (Fsp3) is 0.136. The first-order valence-electron chi connectivity index (χ1n) is 10.00. The van der Waals surface area contributed by atoms with E-state index in [0.717, 1.165) is 16.7 Å². The lowest BCUT2D eigenvalue weighted by Gasteiger charge is -2.08. The van der Waals surface area contributed by atoms with E-state index in [1.807, 2.05) is 48.7 Å². The van der Waals surface area contributed by atoms with E-state index in [1.165, 1.54) is 4.57 Å². The van der Waals surface area contributed by atoms with Gasteiger partial charge in [-0.1, -0.05) is 30.3 Å². The van der Waals surface area contributed by atoms with Crippen LogP contribution in [0.5, 0.6) is 5.88 Å². The van der Waals surface area contributed by atoms with Crippen molar-refractivity contribution >= 4 is 13.6 Å². The number of nitrogens with zero attached hydrogens (tertiary/aromatic N) is 4. The topological polar surface area (TPSA) is 137 Å². The van der Waals surface area contributed by atoms with Crippen LogP contribution in [-0.2, 0) is 29.0 Å². The predicted molar refractivity (Wildman–Crippen MR) is 120 cm³/mol. The molecule has 33 heavy (non-hydrogen) atoms. The molecule has 4 rings (SSSR count). The molecular formula is C22H23N5O5P+. The number of hydrogen-bond donors (Lipinski definition) is 3. The molecule has 4 aromatic rings. The molecule has 0 amide bonds.